The quantitative estimate of drug-likeness (QED) is 0.147. The average Bonchev–Trinajstić information content (AvgIpc) is 3.09. The fraction of sp³-hybridized carbons (Fsp3) is 0.531. The van der Waals surface area contributed by atoms with Crippen molar-refractivity contribution in [2.24, 2.45) is 0 Å². The molecule has 15 nitrogen and oxygen atoms in total. The molecule has 19 heteroatoms. The van der Waals surface area contributed by atoms with E-state index in [0.29, 0.717) is 24.5 Å². The number of alkyl halides is 1. The Morgan fingerprint density at radius 1 is 0.902 bits per heavy atom. The maximum atomic E-state index is 12.0. The van der Waals surface area contributed by atoms with Crippen LogP contribution in [0.15, 0.2) is 41.1 Å². The number of carbonyl (C=O) groups is 3. The van der Waals surface area contributed by atoms with Crippen LogP contribution in [-0.2, 0) is 19.2 Å². The minimum Gasteiger partial charge on any atom is -1.00 e. The molecule has 272 valence electrons. The fourth-order valence-electron chi connectivity index (χ4n) is 3.73. The summed E-state index contributed by atoms with van der Waals surface area (Å²) in [6.07, 6.45) is 2.83. The maximum absolute atomic E-state index is 12.0. The van der Waals surface area contributed by atoms with Crippen molar-refractivity contribution in [3.8, 4) is 12.1 Å². The van der Waals surface area contributed by atoms with Gasteiger partial charge in [0.1, 0.15) is 34.7 Å². The van der Waals surface area contributed by atoms with Crippen LogP contribution >= 0.6 is 15.9 Å². The second-order valence-corrected chi connectivity index (χ2v) is 12.8. The Labute approximate surface area is 396 Å². The van der Waals surface area contributed by atoms with Crippen LogP contribution in [0.1, 0.15) is 55.7 Å². The minimum atomic E-state index is -1.00. The molecule has 2 aliphatic rings. The Morgan fingerprint density at radius 3 is 1.65 bits per heavy atom. The number of rotatable bonds is 2. The molecule has 0 bridgehead atoms. The second-order valence-electron chi connectivity index (χ2n) is 11.9. The zero-order chi connectivity index (χ0) is 38.2. The van der Waals surface area contributed by atoms with E-state index in [1.807, 2.05) is 59.7 Å². The number of piperazine rings is 2. The summed E-state index contributed by atoms with van der Waals surface area (Å²) >= 11 is 3.20. The van der Waals surface area contributed by atoms with Crippen molar-refractivity contribution in [1.29, 1.82) is 10.5 Å². The van der Waals surface area contributed by atoms with Gasteiger partial charge in [-0.1, -0.05) is 0 Å². The first kappa shape index (κ1) is 51.8. The zero-order valence-electron chi connectivity index (χ0n) is 32.6. The number of amides is 2. The van der Waals surface area contributed by atoms with Crippen molar-refractivity contribution in [3.63, 3.8) is 0 Å². The molecule has 2 aliphatic heterocycles. The van der Waals surface area contributed by atoms with Gasteiger partial charge >= 0.3 is 115 Å². The summed E-state index contributed by atoms with van der Waals surface area (Å²) in [5.41, 5.74) is 0.968. The topological polar surface area (TPSA) is 197 Å². The summed E-state index contributed by atoms with van der Waals surface area (Å²) in [7, 11) is -1.00. The first-order valence-electron chi connectivity index (χ1n) is 15.6. The van der Waals surface area contributed by atoms with Crippen molar-refractivity contribution in [3.05, 3.63) is 52.5 Å². The number of ether oxygens (including phenoxy) is 2. The van der Waals surface area contributed by atoms with Crippen molar-refractivity contribution >= 4 is 40.3 Å². The number of nitrogens with zero attached hydrogens (tertiary/aromatic N) is 7. The first-order chi connectivity index (χ1) is 23.5. The van der Waals surface area contributed by atoms with Crippen molar-refractivity contribution in [1.82, 2.24) is 25.1 Å². The van der Waals surface area contributed by atoms with Crippen LogP contribution in [0.25, 0.3) is 0 Å². The molecule has 0 radical (unpaired) electrons. The van der Waals surface area contributed by atoms with E-state index >= 15 is 0 Å². The summed E-state index contributed by atoms with van der Waals surface area (Å²) in [5.74, 6) is 0. The fourth-order valence-corrected chi connectivity index (χ4v) is 3.96. The molecule has 2 fully saturated rings. The van der Waals surface area contributed by atoms with Crippen LogP contribution in [0.5, 0.6) is 0 Å². The van der Waals surface area contributed by atoms with E-state index in [9.17, 15) is 14.0 Å². The van der Waals surface area contributed by atoms with Gasteiger partial charge in [-0.15, -0.1) is 0 Å². The molecule has 4 heterocycles. The van der Waals surface area contributed by atoms with Crippen molar-refractivity contribution < 1.29 is 144 Å². The Morgan fingerprint density at radius 2 is 1.31 bits per heavy atom. The van der Waals surface area contributed by atoms with Gasteiger partial charge in [-0.25, -0.2) is 19.6 Å². The summed E-state index contributed by atoms with van der Waals surface area (Å²) in [6, 6.07) is 11.0. The minimum absolute atomic E-state index is 0. The van der Waals surface area contributed by atoms with Gasteiger partial charge < -0.3 is 41.1 Å². The van der Waals surface area contributed by atoms with Gasteiger partial charge in [0.25, 0.3) is 6.47 Å². The average molecular weight is 833 g/mol. The number of nitriles is 2. The molecule has 51 heavy (non-hydrogen) atoms. The van der Waals surface area contributed by atoms with E-state index in [1.165, 1.54) is 0 Å². The molecular formula is C32H46BrFK2N8O7. The van der Waals surface area contributed by atoms with Crippen molar-refractivity contribution in [2.45, 2.75) is 52.7 Å². The smallest absolute Gasteiger partial charge is 1.00 e. The van der Waals surface area contributed by atoms with Crippen LogP contribution < -0.4 is 118 Å². The summed E-state index contributed by atoms with van der Waals surface area (Å²) in [6.45, 7) is 17.0. The van der Waals surface area contributed by atoms with E-state index in [2.05, 4.69) is 41.0 Å². The Hall–Kier alpha value is -1.31. The molecule has 2 saturated heterocycles. The van der Waals surface area contributed by atoms with Gasteiger partial charge in [0.05, 0.1) is 20.4 Å². The number of nitrogens with one attached hydrogen (secondary N) is 1. The SMILES string of the molecule is CC(C)(C)OC(=O)N1CCN(c2ccc(C#N)nc2)CC1.CC(C)(C)OC(=O)N1CCNCC1.N#Cc1ccc(Br)cn1.O=CO[O-].[2H]CF.[H-].[K+].[K+]. The molecular weight excluding hydrogens is 785 g/mol. The van der Waals surface area contributed by atoms with Gasteiger partial charge in [0, 0.05) is 63.0 Å². The van der Waals surface area contributed by atoms with Crippen LogP contribution in [0.4, 0.5) is 19.7 Å². The first-order valence-corrected chi connectivity index (χ1v) is 15.7. The molecule has 0 aromatic carbocycles. The largest absolute Gasteiger partial charge is 1.00 e. The Balaban J connectivity index is -0.000000323. The maximum Gasteiger partial charge on any atom is 1.00 e. The molecule has 0 atom stereocenters. The molecule has 2 amide bonds. The van der Waals surface area contributed by atoms with Gasteiger partial charge in [-0.2, -0.15) is 10.5 Å². The predicted molar refractivity (Wildman–Crippen MR) is 182 cm³/mol. The van der Waals surface area contributed by atoms with Gasteiger partial charge in [-0.05, 0) is 81.7 Å². The van der Waals surface area contributed by atoms with E-state index in [1.54, 1.807) is 40.4 Å². The zero-order valence-corrected chi connectivity index (χ0v) is 38.5. The van der Waals surface area contributed by atoms with E-state index in [0.717, 1.165) is 49.4 Å². The number of carbonyl (C=O) groups excluding carboxylic acids is 3. The van der Waals surface area contributed by atoms with Crippen LogP contribution in [-0.4, -0.2) is 109 Å². The molecule has 0 aliphatic carbocycles. The number of halogens is 2. The van der Waals surface area contributed by atoms with E-state index in [-0.39, 0.29) is 128 Å². The predicted octanol–water partition coefficient (Wildman–Crippen LogP) is -2.31. The van der Waals surface area contributed by atoms with Crippen LogP contribution in [0.3, 0.4) is 0 Å². The molecule has 0 saturated carbocycles. The molecule has 2 aromatic heterocycles. The summed E-state index contributed by atoms with van der Waals surface area (Å²) < 4.78 is 27.0. The van der Waals surface area contributed by atoms with Gasteiger partial charge in [0.2, 0.25) is 0 Å². The van der Waals surface area contributed by atoms with E-state index < -0.39 is 12.8 Å². The van der Waals surface area contributed by atoms with Crippen LogP contribution in [0, 0.1) is 22.7 Å². The monoisotopic (exact) mass is 831 g/mol. The number of pyridine rings is 2. The number of hydrogen-bond acceptors (Lipinski definition) is 13. The van der Waals surface area contributed by atoms with Crippen molar-refractivity contribution in [2.75, 3.05) is 64.4 Å². The normalized spacial score (nSPS) is 13.4. The second kappa shape index (κ2) is 30.1. The van der Waals surface area contributed by atoms with Gasteiger partial charge in [0.15, 0.2) is 0 Å². The molecule has 0 unspecified atom stereocenters. The Bertz CT molecular complexity index is 1370. The molecule has 4 rings (SSSR count). The van der Waals surface area contributed by atoms with Gasteiger partial charge in [-0.3, -0.25) is 9.18 Å². The number of anilines is 1. The van der Waals surface area contributed by atoms with Crippen LogP contribution in [0.2, 0.25) is 0 Å². The third-order valence-corrected chi connectivity index (χ3v) is 6.28. The number of aromatic nitrogens is 2. The molecule has 2 aromatic rings. The summed E-state index contributed by atoms with van der Waals surface area (Å²) in [4.78, 5) is 48.2. The number of hydrogen-bond donors (Lipinski definition) is 1. The third kappa shape index (κ3) is 26.2. The molecule has 1 N–H and O–H groups in total. The summed E-state index contributed by atoms with van der Waals surface area (Å²) in [5, 5.41) is 28.7. The standard InChI is InChI=1S/C15H20N4O2.C9H18N2O2.C6H3BrN2.CH3F.CH2O3.2K.H/c1-15(2,3)21-14(20)19-8-6-18(7-9-19)13-5-4-12(10-16)17-11-13;1-9(2,3)13-8(12)11-6-4-10-5-7-11;7-5-1-2-6(3-8)9-4-5;1-2;2-1-4-3;;;/h4-5,11H,6-9H2,1-3H3;10H,4-7H2,1-3H3;1-2,4H;1H3;1,3H;;;/q;;;;;2*+1;-1/p-1/i;;;1D;;;;. The molecule has 0 spiro atoms. The third-order valence-electron chi connectivity index (χ3n) is 5.81. The van der Waals surface area contributed by atoms with E-state index in [4.69, 9.17) is 31.4 Å². The Kier molecular flexibility index (Phi) is 30.5.